The molecule has 12 heavy (non-hydrogen) atoms. The van der Waals surface area contributed by atoms with Crippen molar-refractivity contribution >= 4 is 13.6 Å². The molecule has 0 unspecified atom stereocenters. The van der Waals surface area contributed by atoms with Crippen LogP contribution >= 0.6 is 7.82 Å². The molecule has 0 aromatic heterocycles. The fourth-order valence-corrected chi connectivity index (χ4v) is 1.03. The molecule has 0 saturated carbocycles. The molecule has 0 amide bonds. The van der Waals surface area contributed by atoms with E-state index in [-0.39, 0.29) is 12.4 Å². The zero-order valence-corrected chi connectivity index (χ0v) is 7.79. The zero-order valence-electron chi connectivity index (χ0n) is 6.89. The van der Waals surface area contributed by atoms with Crippen LogP contribution in [0.15, 0.2) is 0 Å². The van der Waals surface area contributed by atoms with E-state index in [1.807, 2.05) is 0 Å². The second-order valence-electron chi connectivity index (χ2n) is 2.48. The third-order valence-corrected chi connectivity index (χ3v) is 1.70. The van der Waals surface area contributed by atoms with Gasteiger partial charge in [-0.25, -0.2) is 4.57 Å². The molecule has 0 radical (unpaired) electrons. The molecule has 0 aliphatic rings. The first-order chi connectivity index (χ1) is 5.42. The number of hydrogen-bond donors (Lipinski definition) is 2. The summed E-state index contributed by atoms with van der Waals surface area (Å²) in [5, 5.41) is 0. The van der Waals surface area contributed by atoms with Crippen molar-refractivity contribution in [1.82, 2.24) is 0 Å². The molecule has 0 aliphatic carbocycles. The molecular formula is C6H13O5P. The Morgan fingerprint density at radius 2 is 2.00 bits per heavy atom. The summed E-state index contributed by atoms with van der Waals surface area (Å²) in [5.74, 6) is 0.0752. The van der Waals surface area contributed by atoms with Crippen LogP contribution in [0, 0.1) is 0 Å². The van der Waals surface area contributed by atoms with E-state index in [4.69, 9.17) is 9.79 Å². The van der Waals surface area contributed by atoms with Crippen LogP contribution in [0.3, 0.4) is 0 Å². The fraction of sp³-hybridized carbons (Fsp3) is 0.833. The molecular weight excluding hydrogens is 183 g/mol. The van der Waals surface area contributed by atoms with Gasteiger partial charge in [-0.3, -0.25) is 4.52 Å². The normalized spacial score (nSPS) is 11.6. The lowest BCUT2D eigenvalue weighted by Crippen LogP contribution is -1.95. The van der Waals surface area contributed by atoms with E-state index in [1.54, 1.807) is 0 Å². The Bertz CT molecular complexity index is 184. The highest BCUT2D eigenvalue weighted by Crippen LogP contribution is 2.35. The summed E-state index contributed by atoms with van der Waals surface area (Å²) in [7, 11) is -4.31. The van der Waals surface area contributed by atoms with E-state index in [0.29, 0.717) is 19.3 Å². The Hall–Kier alpha value is -0.220. The summed E-state index contributed by atoms with van der Waals surface area (Å²) in [4.78, 5) is 26.9. The highest BCUT2D eigenvalue weighted by molar-refractivity contribution is 7.46. The average Bonchev–Trinajstić information content (AvgIpc) is 1.83. The van der Waals surface area contributed by atoms with Gasteiger partial charge in [0.1, 0.15) is 5.78 Å². The topological polar surface area (TPSA) is 83.8 Å². The Balaban J connectivity index is 3.23. The highest BCUT2D eigenvalue weighted by Gasteiger charge is 2.12. The van der Waals surface area contributed by atoms with E-state index in [2.05, 4.69) is 4.52 Å². The van der Waals surface area contributed by atoms with Gasteiger partial charge < -0.3 is 14.6 Å². The molecule has 0 atom stereocenters. The maximum atomic E-state index is 10.4. The zero-order chi connectivity index (χ0) is 9.61. The molecule has 6 heteroatoms. The monoisotopic (exact) mass is 196 g/mol. The Kier molecular flexibility index (Phi) is 5.33. The van der Waals surface area contributed by atoms with Crippen molar-refractivity contribution in [3.05, 3.63) is 0 Å². The second-order valence-corrected chi connectivity index (χ2v) is 3.72. The standard InChI is InChI=1S/C6H13O5P/c1-6(7)4-2-3-5-11-12(8,9)10/h2-5H2,1H3,(H2,8,9,10). The van der Waals surface area contributed by atoms with Crippen LogP contribution in [0.1, 0.15) is 26.2 Å². The Labute approximate surface area is 71.0 Å². The van der Waals surface area contributed by atoms with Crippen molar-refractivity contribution in [3.63, 3.8) is 0 Å². The molecule has 5 nitrogen and oxygen atoms in total. The summed E-state index contributed by atoms with van der Waals surface area (Å²) >= 11 is 0. The predicted molar refractivity (Wildman–Crippen MR) is 42.5 cm³/mol. The van der Waals surface area contributed by atoms with Crippen molar-refractivity contribution in [2.75, 3.05) is 6.61 Å². The van der Waals surface area contributed by atoms with E-state index < -0.39 is 7.82 Å². The molecule has 0 heterocycles. The molecule has 0 aromatic rings. The lowest BCUT2D eigenvalue weighted by Gasteiger charge is -2.03. The molecule has 0 rings (SSSR count). The van der Waals surface area contributed by atoms with Gasteiger partial charge >= 0.3 is 7.82 Å². The van der Waals surface area contributed by atoms with Crippen LogP contribution in [0.25, 0.3) is 0 Å². The second kappa shape index (κ2) is 5.43. The van der Waals surface area contributed by atoms with Crippen molar-refractivity contribution in [1.29, 1.82) is 0 Å². The number of Topliss-reactive ketones (excluding diaryl/α,β-unsaturated/α-hetero) is 1. The smallest absolute Gasteiger partial charge is 0.303 e. The number of unbranched alkanes of at least 4 members (excludes halogenated alkanes) is 1. The van der Waals surface area contributed by atoms with Crippen molar-refractivity contribution < 1.29 is 23.7 Å². The molecule has 0 spiro atoms. The van der Waals surface area contributed by atoms with Gasteiger partial charge in [0.2, 0.25) is 0 Å². The van der Waals surface area contributed by atoms with Gasteiger partial charge in [0.15, 0.2) is 0 Å². The summed E-state index contributed by atoms with van der Waals surface area (Å²) in [6, 6.07) is 0. The Morgan fingerprint density at radius 3 is 2.42 bits per heavy atom. The largest absolute Gasteiger partial charge is 0.469 e. The van der Waals surface area contributed by atoms with E-state index in [9.17, 15) is 9.36 Å². The summed E-state index contributed by atoms with van der Waals surface area (Å²) in [5.41, 5.74) is 0. The number of carbonyl (C=O) groups is 1. The van der Waals surface area contributed by atoms with E-state index in [1.165, 1.54) is 6.92 Å². The maximum absolute atomic E-state index is 10.4. The number of phosphoric ester groups is 1. The number of rotatable bonds is 6. The van der Waals surface area contributed by atoms with Crippen LogP contribution in [0.5, 0.6) is 0 Å². The molecule has 0 bridgehead atoms. The quantitative estimate of drug-likeness (QED) is 0.486. The van der Waals surface area contributed by atoms with E-state index in [0.717, 1.165) is 0 Å². The van der Waals surface area contributed by atoms with Gasteiger partial charge in [0, 0.05) is 6.42 Å². The van der Waals surface area contributed by atoms with Crippen molar-refractivity contribution in [3.8, 4) is 0 Å². The summed E-state index contributed by atoms with van der Waals surface area (Å²) < 4.78 is 14.3. The maximum Gasteiger partial charge on any atom is 0.469 e. The van der Waals surface area contributed by atoms with Crippen LogP contribution in [0.4, 0.5) is 0 Å². The number of phosphoric acid groups is 1. The van der Waals surface area contributed by atoms with E-state index >= 15 is 0 Å². The third kappa shape index (κ3) is 9.78. The van der Waals surface area contributed by atoms with Gasteiger partial charge in [0.05, 0.1) is 6.61 Å². The molecule has 0 saturated heterocycles. The molecule has 0 fully saturated rings. The number of hydrogen-bond acceptors (Lipinski definition) is 3. The molecule has 0 aromatic carbocycles. The highest BCUT2D eigenvalue weighted by atomic mass is 31.2. The minimum atomic E-state index is -4.31. The van der Waals surface area contributed by atoms with Gasteiger partial charge in [-0.2, -0.15) is 0 Å². The minimum Gasteiger partial charge on any atom is -0.303 e. The van der Waals surface area contributed by atoms with Crippen molar-refractivity contribution in [2.45, 2.75) is 26.2 Å². The molecule has 72 valence electrons. The SMILES string of the molecule is CC(=O)CCCCOP(=O)(O)O. The average molecular weight is 196 g/mol. The number of carbonyl (C=O) groups excluding carboxylic acids is 1. The van der Waals surface area contributed by atoms with Crippen LogP contribution in [-0.4, -0.2) is 22.2 Å². The van der Waals surface area contributed by atoms with Crippen molar-refractivity contribution in [2.24, 2.45) is 0 Å². The van der Waals surface area contributed by atoms with Gasteiger partial charge in [0.25, 0.3) is 0 Å². The minimum absolute atomic E-state index is 0.00242. The van der Waals surface area contributed by atoms with Crippen LogP contribution in [-0.2, 0) is 13.9 Å². The predicted octanol–water partition coefficient (Wildman–Crippen LogP) is 0.855. The lowest BCUT2D eigenvalue weighted by molar-refractivity contribution is -0.117. The first-order valence-electron chi connectivity index (χ1n) is 3.61. The van der Waals surface area contributed by atoms with Gasteiger partial charge in [-0.15, -0.1) is 0 Å². The Morgan fingerprint density at radius 1 is 1.42 bits per heavy atom. The fourth-order valence-electron chi connectivity index (χ4n) is 0.659. The summed E-state index contributed by atoms with van der Waals surface area (Å²) in [6.07, 6.45) is 1.53. The van der Waals surface area contributed by atoms with Crippen LogP contribution in [0.2, 0.25) is 0 Å². The third-order valence-electron chi connectivity index (χ3n) is 1.18. The first-order valence-corrected chi connectivity index (χ1v) is 5.14. The number of ketones is 1. The lowest BCUT2D eigenvalue weighted by atomic mass is 10.2. The molecule has 0 aliphatic heterocycles. The van der Waals surface area contributed by atoms with Gasteiger partial charge in [-0.1, -0.05) is 0 Å². The molecule has 2 N–H and O–H groups in total. The first kappa shape index (κ1) is 11.8. The van der Waals surface area contributed by atoms with Gasteiger partial charge in [-0.05, 0) is 19.8 Å². The van der Waals surface area contributed by atoms with Crippen LogP contribution < -0.4 is 0 Å². The summed E-state index contributed by atoms with van der Waals surface area (Å²) in [6.45, 7) is 1.47.